The zero-order valence-electron chi connectivity index (χ0n) is 9.43. The van der Waals surface area contributed by atoms with Crippen LogP contribution in [-0.2, 0) is 4.79 Å². The van der Waals surface area contributed by atoms with Gasteiger partial charge < -0.3 is 16.8 Å². The van der Waals surface area contributed by atoms with Gasteiger partial charge in [-0.1, -0.05) is 0 Å². The lowest BCUT2D eigenvalue weighted by Gasteiger charge is -2.03. The van der Waals surface area contributed by atoms with Crippen LogP contribution in [0, 0.1) is 0 Å². The largest absolute Gasteiger partial charge is 0.370 e. The van der Waals surface area contributed by atoms with Gasteiger partial charge in [-0.05, 0) is 31.2 Å². The number of ketones is 1. The number of benzene rings is 1. The van der Waals surface area contributed by atoms with Gasteiger partial charge >= 0.3 is 0 Å². The number of nitrogens with one attached hydrogen (secondary N) is 1. The maximum atomic E-state index is 11.5. The summed E-state index contributed by atoms with van der Waals surface area (Å²) in [6, 6.07) is 6.39. The second-order valence-corrected chi connectivity index (χ2v) is 3.47. The first-order valence-corrected chi connectivity index (χ1v) is 4.96. The van der Waals surface area contributed by atoms with Crippen molar-refractivity contribution in [3.8, 4) is 0 Å². The normalized spacial score (nSPS) is 9.47. The standard InChI is InChI=1S/C11H14N4O2/c1-7(16)6-14-10(17)8-2-4-9(5-3-8)15-11(12)13/h2-5H,6H2,1H3,(H,14,17)(H4,12,13,15). The SMILES string of the molecule is CC(=O)CNC(=O)c1ccc(N=C(N)N)cc1. The number of hydrogen-bond acceptors (Lipinski definition) is 3. The molecule has 0 spiro atoms. The van der Waals surface area contributed by atoms with Crippen LogP contribution >= 0.6 is 0 Å². The van der Waals surface area contributed by atoms with Gasteiger partial charge in [0, 0.05) is 5.56 Å². The van der Waals surface area contributed by atoms with E-state index in [2.05, 4.69) is 10.3 Å². The Morgan fingerprint density at radius 1 is 1.24 bits per heavy atom. The van der Waals surface area contributed by atoms with Crippen molar-refractivity contribution in [1.29, 1.82) is 0 Å². The molecule has 17 heavy (non-hydrogen) atoms. The van der Waals surface area contributed by atoms with E-state index in [9.17, 15) is 9.59 Å². The molecule has 1 aromatic carbocycles. The van der Waals surface area contributed by atoms with Crippen LogP contribution in [0.3, 0.4) is 0 Å². The molecular weight excluding hydrogens is 220 g/mol. The number of Topliss-reactive ketones (excluding diaryl/α,β-unsaturated/α-hetero) is 1. The molecule has 5 N–H and O–H groups in total. The van der Waals surface area contributed by atoms with Gasteiger partial charge in [-0.25, -0.2) is 4.99 Å². The molecule has 0 heterocycles. The lowest BCUT2D eigenvalue weighted by Crippen LogP contribution is -2.28. The third-order valence-corrected chi connectivity index (χ3v) is 1.89. The van der Waals surface area contributed by atoms with E-state index in [0.717, 1.165) is 0 Å². The van der Waals surface area contributed by atoms with E-state index >= 15 is 0 Å². The van der Waals surface area contributed by atoms with Gasteiger partial charge in [0.05, 0.1) is 12.2 Å². The number of nitrogens with two attached hydrogens (primary N) is 2. The Labute approximate surface area is 98.7 Å². The predicted molar refractivity (Wildman–Crippen MR) is 64.9 cm³/mol. The first-order valence-electron chi connectivity index (χ1n) is 4.96. The highest BCUT2D eigenvalue weighted by Gasteiger charge is 2.05. The van der Waals surface area contributed by atoms with Crippen LogP contribution in [0.1, 0.15) is 17.3 Å². The van der Waals surface area contributed by atoms with E-state index in [1.54, 1.807) is 24.3 Å². The van der Waals surface area contributed by atoms with Crippen LogP contribution in [0.25, 0.3) is 0 Å². The number of hydrogen-bond donors (Lipinski definition) is 3. The third kappa shape index (κ3) is 4.33. The summed E-state index contributed by atoms with van der Waals surface area (Å²) in [5.41, 5.74) is 11.4. The molecule has 0 saturated carbocycles. The van der Waals surface area contributed by atoms with Gasteiger partial charge in [0.1, 0.15) is 5.78 Å². The summed E-state index contributed by atoms with van der Waals surface area (Å²) in [5.74, 6) is -0.453. The molecule has 0 aliphatic rings. The lowest BCUT2D eigenvalue weighted by molar-refractivity contribution is -0.116. The summed E-state index contributed by atoms with van der Waals surface area (Å²) in [6.07, 6.45) is 0. The Kier molecular flexibility index (Phi) is 4.21. The number of guanidine groups is 1. The fraction of sp³-hybridized carbons (Fsp3) is 0.182. The number of nitrogens with zero attached hydrogens (tertiary/aromatic N) is 1. The maximum Gasteiger partial charge on any atom is 0.251 e. The summed E-state index contributed by atoms with van der Waals surface area (Å²) < 4.78 is 0. The number of amides is 1. The summed E-state index contributed by atoms with van der Waals surface area (Å²) in [5, 5.41) is 2.48. The molecule has 6 nitrogen and oxygen atoms in total. The fourth-order valence-corrected chi connectivity index (χ4v) is 1.14. The van der Waals surface area contributed by atoms with Crippen molar-refractivity contribution in [2.24, 2.45) is 16.5 Å². The number of aliphatic imine (C=N–C) groups is 1. The van der Waals surface area contributed by atoms with Crippen LogP contribution in [0.2, 0.25) is 0 Å². The Balaban J connectivity index is 2.70. The molecule has 0 fully saturated rings. The molecule has 90 valence electrons. The quantitative estimate of drug-likeness (QED) is 0.499. The molecule has 1 aromatic rings. The molecule has 0 saturated heterocycles. The lowest BCUT2D eigenvalue weighted by atomic mass is 10.2. The number of carbonyl (C=O) groups excluding carboxylic acids is 2. The fourth-order valence-electron chi connectivity index (χ4n) is 1.14. The van der Waals surface area contributed by atoms with E-state index in [1.807, 2.05) is 0 Å². The summed E-state index contributed by atoms with van der Waals surface area (Å²) in [6.45, 7) is 1.43. The zero-order chi connectivity index (χ0) is 12.8. The molecule has 1 amide bonds. The number of rotatable bonds is 4. The summed E-state index contributed by atoms with van der Waals surface area (Å²) in [4.78, 5) is 26.0. The average molecular weight is 234 g/mol. The van der Waals surface area contributed by atoms with Crippen LogP contribution in [-0.4, -0.2) is 24.2 Å². The second kappa shape index (κ2) is 5.64. The Morgan fingerprint density at radius 3 is 2.29 bits per heavy atom. The van der Waals surface area contributed by atoms with E-state index < -0.39 is 0 Å². The van der Waals surface area contributed by atoms with Crippen molar-refractivity contribution in [2.75, 3.05) is 6.54 Å². The van der Waals surface area contributed by atoms with Crippen LogP contribution in [0.15, 0.2) is 29.3 Å². The minimum Gasteiger partial charge on any atom is -0.370 e. The van der Waals surface area contributed by atoms with Crippen molar-refractivity contribution >= 4 is 23.3 Å². The zero-order valence-corrected chi connectivity index (χ0v) is 9.43. The summed E-state index contributed by atoms with van der Waals surface area (Å²) in [7, 11) is 0. The monoisotopic (exact) mass is 234 g/mol. The van der Waals surface area contributed by atoms with Crippen molar-refractivity contribution < 1.29 is 9.59 Å². The highest BCUT2D eigenvalue weighted by atomic mass is 16.2. The topological polar surface area (TPSA) is 111 Å². The molecule has 1 rings (SSSR count). The highest BCUT2D eigenvalue weighted by molar-refractivity contribution is 5.96. The van der Waals surface area contributed by atoms with E-state index in [0.29, 0.717) is 11.3 Å². The van der Waals surface area contributed by atoms with Crippen LogP contribution in [0.5, 0.6) is 0 Å². The maximum absolute atomic E-state index is 11.5. The first kappa shape index (κ1) is 12.7. The Bertz CT molecular complexity index is 447. The van der Waals surface area contributed by atoms with Gasteiger partial charge in [0.2, 0.25) is 0 Å². The highest BCUT2D eigenvalue weighted by Crippen LogP contribution is 2.12. The third-order valence-electron chi connectivity index (χ3n) is 1.89. The molecule has 6 heteroatoms. The molecule has 0 unspecified atom stereocenters. The van der Waals surface area contributed by atoms with Crippen molar-refractivity contribution in [3.05, 3.63) is 29.8 Å². The van der Waals surface area contributed by atoms with Gasteiger partial charge in [-0.2, -0.15) is 0 Å². The molecule has 0 atom stereocenters. The molecule has 0 radical (unpaired) electrons. The van der Waals surface area contributed by atoms with Crippen molar-refractivity contribution in [1.82, 2.24) is 5.32 Å². The van der Waals surface area contributed by atoms with Gasteiger partial charge in [0.15, 0.2) is 5.96 Å². The van der Waals surface area contributed by atoms with Crippen LogP contribution < -0.4 is 16.8 Å². The molecule has 0 aromatic heterocycles. The first-order chi connectivity index (χ1) is 7.99. The average Bonchev–Trinajstić information content (AvgIpc) is 2.26. The number of carbonyl (C=O) groups is 2. The molecular formula is C11H14N4O2. The minimum absolute atomic E-state index is 0.0223. The Hall–Kier alpha value is -2.37. The van der Waals surface area contributed by atoms with Gasteiger partial charge in [-0.15, -0.1) is 0 Å². The van der Waals surface area contributed by atoms with Crippen molar-refractivity contribution in [2.45, 2.75) is 6.92 Å². The van der Waals surface area contributed by atoms with Crippen LogP contribution in [0.4, 0.5) is 5.69 Å². The van der Waals surface area contributed by atoms with Gasteiger partial charge in [-0.3, -0.25) is 9.59 Å². The summed E-state index contributed by atoms with van der Waals surface area (Å²) >= 11 is 0. The minimum atomic E-state index is -0.309. The molecule has 0 bridgehead atoms. The van der Waals surface area contributed by atoms with E-state index in [1.165, 1.54) is 6.92 Å². The second-order valence-electron chi connectivity index (χ2n) is 3.47. The predicted octanol–water partition coefficient (Wildman–Crippen LogP) is -0.0897. The van der Waals surface area contributed by atoms with Crippen molar-refractivity contribution in [3.63, 3.8) is 0 Å². The molecule has 0 aliphatic heterocycles. The smallest absolute Gasteiger partial charge is 0.251 e. The Morgan fingerprint density at radius 2 is 1.82 bits per heavy atom. The molecule has 0 aliphatic carbocycles. The van der Waals surface area contributed by atoms with E-state index in [4.69, 9.17) is 11.5 Å². The van der Waals surface area contributed by atoms with Gasteiger partial charge in [0.25, 0.3) is 5.91 Å². The van der Waals surface area contributed by atoms with E-state index in [-0.39, 0.29) is 24.2 Å².